The van der Waals surface area contributed by atoms with E-state index in [1.165, 1.54) is 0 Å². The van der Waals surface area contributed by atoms with E-state index in [0.29, 0.717) is 5.15 Å². The Morgan fingerprint density at radius 2 is 2.00 bits per heavy atom. The first-order valence-corrected chi connectivity index (χ1v) is 5.89. The van der Waals surface area contributed by atoms with Gasteiger partial charge in [-0.3, -0.25) is 0 Å². The molecule has 1 heterocycles. The molecular formula is C14H20ClN. The number of pyridine rings is 1. The van der Waals surface area contributed by atoms with Crippen LogP contribution < -0.4 is 0 Å². The molecule has 0 atom stereocenters. The molecular weight excluding hydrogens is 218 g/mol. The summed E-state index contributed by atoms with van der Waals surface area (Å²) >= 11 is 5.99. The minimum atomic E-state index is 0.547. The topological polar surface area (TPSA) is 12.9 Å². The summed E-state index contributed by atoms with van der Waals surface area (Å²) in [5.74, 6) is 0. The summed E-state index contributed by atoms with van der Waals surface area (Å²) in [5, 5.41) is 0.547. The van der Waals surface area contributed by atoms with Gasteiger partial charge < -0.3 is 0 Å². The van der Waals surface area contributed by atoms with E-state index in [-0.39, 0.29) is 0 Å². The smallest absolute Gasteiger partial charge is 0.136 e. The Kier molecular flexibility index (Phi) is 6.75. The maximum Gasteiger partial charge on any atom is 0.136 e. The normalized spacial score (nSPS) is 9.88. The molecule has 0 radical (unpaired) electrons. The number of nitrogens with zero attached hydrogens (tertiary/aromatic N) is 1. The van der Waals surface area contributed by atoms with Gasteiger partial charge in [-0.25, -0.2) is 4.98 Å². The fraction of sp³-hybridized carbons (Fsp3) is 0.357. The number of rotatable bonds is 2. The van der Waals surface area contributed by atoms with Crippen LogP contribution in [0.3, 0.4) is 0 Å². The molecule has 1 aromatic heterocycles. The third kappa shape index (κ3) is 3.49. The lowest BCUT2D eigenvalue weighted by atomic mass is 10.0. The molecule has 0 aliphatic heterocycles. The Balaban J connectivity index is 0.00000106. The van der Waals surface area contributed by atoms with Gasteiger partial charge in [-0.2, -0.15) is 0 Å². The van der Waals surface area contributed by atoms with Crippen LogP contribution in [0.5, 0.6) is 0 Å². The molecule has 0 aliphatic carbocycles. The highest BCUT2D eigenvalue weighted by Crippen LogP contribution is 2.25. The van der Waals surface area contributed by atoms with E-state index in [4.69, 9.17) is 11.6 Å². The zero-order chi connectivity index (χ0) is 12.7. The lowest BCUT2D eigenvalue weighted by Crippen LogP contribution is -1.93. The van der Waals surface area contributed by atoms with Crippen molar-refractivity contribution in [2.24, 2.45) is 0 Å². The molecule has 2 heteroatoms. The molecule has 0 fully saturated rings. The van der Waals surface area contributed by atoms with Crippen molar-refractivity contribution in [2.75, 3.05) is 0 Å². The molecule has 0 amide bonds. The predicted molar refractivity (Wildman–Crippen MR) is 74.7 cm³/mol. The van der Waals surface area contributed by atoms with Crippen molar-refractivity contribution in [3.05, 3.63) is 40.7 Å². The van der Waals surface area contributed by atoms with Gasteiger partial charge in [0.15, 0.2) is 0 Å². The molecule has 16 heavy (non-hydrogen) atoms. The molecule has 0 saturated heterocycles. The van der Waals surface area contributed by atoms with Crippen LogP contribution >= 0.6 is 11.6 Å². The average molecular weight is 238 g/mol. The highest BCUT2D eigenvalue weighted by Gasteiger charge is 2.07. The van der Waals surface area contributed by atoms with Crippen molar-refractivity contribution in [2.45, 2.75) is 34.6 Å². The fourth-order valence-electron chi connectivity index (χ4n) is 1.38. The molecule has 0 N–H and O–H groups in total. The third-order valence-corrected chi connectivity index (χ3v) is 2.43. The molecule has 0 aliphatic rings. The first-order valence-electron chi connectivity index (χ1n) is 5.51. The van der Waals surface area contributed by atoms with Gasteiger partial charge in [0.05, 0.1) is 0 Å². The predicted octanol–water partition coefficient (Wildman–Crippen LogP) is 5.14. The summed E-state index contributed by atoms with van der Waals surface area (Å²) in [6, 6.07) is 0. The van der Waals surface area contributed by atoms with E-state index < -0.39 is 0 Å². The van der Waals surface area contributed by atoms with E-state index >= 15 is 0 Å². The van der Waals surface area contributed by atoms with Crippen molar-refractivity contribution in [1.29, 1.82) is 0 Å². The van der Waals surface area contributed by atoms with Crippen molar-refractivity contribution in [3.63, 3.8) is 0 Å². The SMILES string of the molecule is C=C(C)c1cnc(Cl)c(/C=C\C)c1C.CC. The average Bonchev–Trinajstić information content (AvgIpc) is 2.26. The van der Waals surface area contributed by atoms with Crippen LogP contribution in [0.2, 0.25) is 5.15 Å². The maximum atomic E-state index is 5.99. The van der Waals surface area contributed by atoms with Gasteiger partial charge in [-0.15, -0.1) is 0 Å². The minimum absolute atomic E-state index is 0.547. The minimum Gasteiger partial charge on any atom is -0.243 e. The van der Waals surface area contributed by atoms with Crippen LogP contribution in [-0.4, -0.2) is 4.98 Å². The molecule has 0 aromatic carbocycles. The maximum absolute atomic E-state index is 5.99. The summed E-state index contributed by atoms with van der Waals surface area (Å²) in [7, 11) is 0. The largest absolute Gasteiger partial charge is 0.243 e. The zero-order valence-corrected chi connectivity index (χ0v) is 11.5. The summed E-state index contributed by atoms with van der Waals surface area (Å²) in [6.45, 7) is 13.9. The lowest BCUT2D eigenvalue weighted by molar-refractivity contribution is 1.24. The third-order valence-electron chi connectivity index (χ3n) is 2.13. The number of hydrogen-bond acceptors (Lipinski definition) is 1. The van der Waals surface area contributed by atoms with E-state index in [2.05, 4.69) is 11.6 Å². The van der Waals surface area contributed by atoms with Gasteiger partial charge in [0.1, 0.15) is 5.15 Å². The summed E-state index contributed by atoms with van der Waals surface area (Å²) in [5.41, 5.74) is 4.20. The van der Waals surface area contributed by atoms with Crippen LogP contribution in [0.4, 0.5) is 0 Å². The van der Waals surface area contributed by atoms with Gasteiger partial charge in [-0.1, -0.05) is 44.2 Å². The molecule has 1 nitrogen and oxygen atoms in total. The standard InChI is InChI=1S/C12H14ClN.C2H6/c1-5-6-10-9(4)11(8(2)3)7-14-12(10)13;1-2/h5-7H,2H2,1,3-4H3;1-2H3/b6-5-;. The number of aromatic nitrogens is 1. The molecule has 0 saturated carbocycles. The Hall–Kier alpha value is -1.08. The van der Waals surface area contributed by atoms with E-state index in [1.807, 2.05) is 46.8 Å². The Morgan fingerprint density at radius 3 is 2.44 bits per heavy atom. The van der Waals surface area contributed by atoms with Gasteiger partial charge >= 0.3 is 0 Å². The van der Waals surface area contributed by atoms with Crippen LogP contribution in [0.15, 0.2) is 18.9 Å². The summed E-state index contributed by atoms with van der Waals surface area (Å²) in [4.78, 5) is 4.13. The van der Waals surface area contributed by atoms with Crippen LogP contribution in [0.1, 0.15) is 44.4 Å². The van der Waals surface area contributed by atoms with Gasteiger partial charge in [0.25, 0.3) is 0 Å². The van der Waals surface area contributed by atoms with Crippen LogP contribution in [0.25, 0.3) is 11.6 Å². The van der Waals surface area contributed by atoms with Crippen molar-refractivity contribution in [3.8, 4) is 0 Å². The molecule has 0 bridgehead atoms. The molecule has 1 aromatic rings. The second kappa shape index (κ2) is 7.24. The second-order valence-corrected chi connectivity index (χ2v) is 3.64. The van der Waals surface area contributed by atoms with E-state index in [1.54, 1.807) is 6.20 Å². The van der Waals surface area contributed by atoms with Crippen molar-refractivity contribution in [1.82, 2.24) is 4.98 Å². The van der Waals surface area contributed by atoms with Gasteiger partial charge in [0, 0.05) is 11.8 Å². The first kappa shape index (κ1) is 14.9. The summed E-state index contributed by atoms with van der Waals surface area (Å²) < 4.78 is 0. The first-order chi connectivity index (χ1) is 7.57. The second-order valence-electron chi connectivity index (χ2n) is 3.28. The molecule has 0 spiro atoms. The number of halogens is 1. The van der Waals surface area contributed by atoms with E-state index in [0.717, 1.165) is 22.3 Å². The molecule has 88 valence electrons. The van der Waals surface area contributed by atoms with Crippen LogP contribution in [-0.2, 0) is 0 Å². The monoisotopic (exact) mass is 237 g/mol. The quantitative estimate of drug-likeness (QED) is 0.650. The van der Waals surface area contributed by atoms with Gasteiger partial charge in [-0.05, 0) is 37.5 Å². The van der Waals surface area contributed by atoms with Crippen LogP contribution in [0, 0.1) is 6.92 Å². The Morgan fingerprint density at radius 1 is 1.44 bits per heavy atom. The lowest BCUT2D eigenvalue weighted by Gasteiger charge is -2.09. The number of allylic oxidation sites excluding steroid dienone is 2. The Labute approximate surface area is 104 Å². The highest BCUT2D eigenvalue weighted by atomic mass is 35.5. The zero-order valence-electron chi connectivity index (χ0n) is 10.8. The van der Waals surface area contributed by atoms with E-state index in [9.17, 15) is 0 Å². The summed E-state index contributed by atoms with van der Waals surface area (Å²) in [6.07, 6.45) is 5.70. The highest BCUT2D eigenvalue weighted by molar-refractivity contribution is 6.31. The molecule has 1 rings (SSSR count). The molecule has 0 unspecified atom stereocenters. The van der Waals surface area contributed by atoms with Gasteiger partial charge in [0.2, 0.25) is 0 Å². The van der Waals surface area contributed by atoms with Crippen molar-refractivity contribution >= 4 is 23.3 Å². The fourth-order valence-corrected chi connectivity index (χ4v) is 1.63. The Bertz CT molecular complexity index is 392. The van der Waals surface area contributed by atoms with Crippen molar-refractivity contribution < 1.29 is 0 Å². The number of hydrogen-bond donors (Lipinski definition) is 0.